The van der Waals surface area contributed by atoms with Crippen LogP contribution in [-0.2, 0) is 19.6 Å². The molecule has 1 atom stereocenters. The molecule has 4 N–H and O–H groups in total. The van der Waals surface area contributed by atoms with E-state index >= 15 is 0 Å². The third-order valence-corrected chi connectivity index (χ3v) is 7.17. The Morgan fingerprint density at radius 1 is 1.21 bits per heavy atom. The van der Waals surface area contributed by atoms with Crippen LogP contribution in [0.2, 0.25) is 0 Å². The van der Waals surface area contributed by atoms with Crippen molar-refractivity contribution in [2.24, 2.45) is 11.3 Å². The number of aromatic amines is 1. The van der Waals surface area contributed by atoms with Crippen molar-refractivity contribution in [3.8, 4) is 0 Å². The molecule has 2 aliphatic rings. The lowest BCUT2D eigenvalue weighted by atomic mass is 9.64. The van der Waals surface area contributed by atoms with Crippen molar-refractivity contribution in [3.63, 3.8) is 0 Å². The van der Waals surface area contributed by atoms with E-state index < -0.39 is 32.8 Å². The minimum atomic E-state index is -4.19. The first-order valence-electron chi connectivity index (χ1n) is 9.32. The average Bonchev–Trinajstić information content (AvgIpc) is 2.68. The number of aromatic nitrogens is 2. The van der Waals surface area contributed by atoms with Crippen LogP contribution in [0.25, 0.3) is 10.9 Å². The number of nitrogens with zero attached hydrogens (tertiary/aromatic N) is 1. The molecule has 0 bridgehead atoms. The van der Waals surface area contributed by atoms with E-state index in [1.54, 1.807) is 0 Å². The van der Waals surface area contributed by atoms with E-state index in [1.807, 2.05) is 0 Å². The maximum absolute atomic E-state index is 13.0. The second kappa shape index (κ2) is 7.23. The van der Waals surface area contributed by atoms with E-state index in [0.29, 0.717) is 31.4 Å². The van der Waals surface area contributed by atoms with Gasteiger partial charge in [-0.2, -0.15) is 0 Å². The molecular formula is C18H21N5O5S. The minimum absolute atomic E-state index is 0.0987. The fraction of sp³-hybridized carbons (Fsp3) is 0.444. The lowest BCUT2D eigenvalue weighted by molar-refractivity contribution is -0.137. The molecule has 1 aromatic heterocycles. The summed E-state index contributed by atoms with van der Waals surface area (Å²) >= 11 is 0. The maximum Gasteiger partial charge on any atom is 0.264 e. The first-order chi connectivity index (χ1) is 13.8. The molecule has 0 aliphatic carbocycles. The van der Waals surface area contributed by atoms with E-state index in [1.165, 1.54) is 24.5 Å². The van der Waals surface area contributed by atoms with Crippen molar-refractivity contribution in [1.29, 1.82) is 0 Å². The molecule has 1 aromatic carbocycles. The Balaban J connectivity index is 1.62. The van der Waals surface area contributed by atoms with Gasteiger partial charge in [0.1, 0.15) is 0 Å². The van der Waals surface area contributed by atoms with Crippen LogP contribution in [0.3, 0.4) is 0 Å². The van der Waals surface area contributed by atoms with Crippen LogP contribution in [0.1, 0.15) is 19.3 Å². The van der Waals surface area contributed by atoms with Crippen LogP contribution in [0.5, 0.6) is 0 Å². The summed E-state index contributed by atoms with van der Waals surface area (Å²) < 4.78 is 27.8. The number of benzene rings is 1. The molecule has 154 valence electrons. The Morgan fingerprint density at radius 3 is 2.72 bits per heavy atom. The second-order valence-electron chi connectivity index (χ2n) is 7.53. The van der Waals surface area contributed by atoms with Gasteiger partial charge < -0.3 is 15.6 Å². The number of carbonyl (C=O) groups excluding carboxylic acids is 2. The first kappa shape index (κ1) is 19.5. The van der Waals surface area contributed by atoms with Crippen LogP contribution in [0.4, 0.5) is 0 Å². The fourth-order valence-electron chi connectivity index (χ4n) is 4.24. The van der Waals surface area contributed by atoms with Crippen LogP contribution >= 0.6 is 0 Å². The zero-order valence-electron chi connectivity index (χ0n) is 15.5. The molecule has 0 radical (unpaired) electrons. The van der Waals surface area contributed by atoms with Gasteiger partial charge in [-0.25, -0.2) is 18.1 Å². The second-order valence-corrected chi connectivity index (χ2v) is 9.21. The third-order valence-electron chi connectivity index (χ3n) is 5.83. The summed E-state index contributed by atoms with van der Waals surface area (Å²) in [4.78, 5) is 43.0. The van der Waals surface area contributed by atoms with Crippen LogP contribution in [0.15, 0.2) is 34.2 Å². The molecule has 1 unspecified atom stereocenters. The highest BCUT2D eigenvalue weighted by atomic mass is 32.2. The third kappa shape index (κ3) is 3.62. The number of hydrogen-bond acceptors (Lipinski definition) is 7. The smallest absolute Gasteiger partial charge is 0.264 e. The monoisotopic (exact) mass is 419 g/mol. The average molecular weight is 419 g/mol. The highest BCUT2D eigenvalue weighted by molar-refractivity contribution is 7.90. The largest absolute Gasteiger partial charge is 0.355 e. The predicted octanol–water partition coefficient (Wildman–Crippen LogP) is -0.766. The number of hydrogen-bond donors (Lipinski definition) is 4. The Kier molecular flexibility index (Phi) is 4.87. The minimum Gasteiger partial charge on any atom is -0.355 e. The number of sulfonamides is 1. The Morgan fingerprint density at radius 2 is 1.97 bits per heavy atom. The van der Waals surface area contributed by atoms with Gasteiger partial charge in [-0.1, -0.05) is 0 Å². The van der Waals surface area contributed by atoms with Crippen molar-refractivity contribution >= 4 is 32.7 Å². The molecule has 11 heteroatoms. The SMILES string of the molecule is O=C1CC2(CCNCC2)C(C(=O)NS(=O)(=O)c2ccc3nc[nH]c(=O)c3c2)CN1. The van der Waals surface area contributed by atoms with Crippen molar-refractivity contribution in [2.75, 3.05) is 19.6 Å². The Labute approximate surface area is 166 Å². The lowest BCUT2D eigenvalue weighted by Crippen LogP contribution is -2.57. The highest BCUT2D eigenvalue weighted by Crippen LogP contribution is 2.42. The molecule has 29 heavy (non-hydrogen) atoms. The molecule has 2 fully saturated rings. The molecule has 2 aliphatic heterocycles. The predicted molar refractivity (Wildman–Crippen MR) is 103 cm³/mol. The van der Waals surface area contributed by atoms with Gasteiger partial charge in [-0.3, -0.25) is 14.4 Å². The molecule has 0 saturated carbocycles. The van der Waals surface area contributed by atoms with Crippen molar-refractivity contribution < 1.29 is 18.0 Å². The number of rotatable bonds is 3. The van der Waals surface area contributed by atoms with Gasteiger partial charge in [-0.15, -0.1) is 0 Å². The van der Waals surface area contributed by atoms with Crippen molar-refractivity contribution in [2.45, 2.75) is 24.2 Å². The van der Waals surface area contributed by atoms with Crippen LogP contribution in [-0.4, -0.2) is 49.8 Å². The number of H-pyrrole nitrogens is 1. The molecule has 2 saturated heterocycles. The Bertz CT molecular complexity index is 1140. The van der Waals surface area contributed by atoms with E-state index in [2.05, 4.69) is 25.3 Å². The molecular weight excluding hydrogens is 398 g/mol. The Hall–Kier alpha value is -2.79. The van der Waals surface area contributed by atoms with Gasteiger partial charge in [0.25, 0.3) is 15.6 Å². The van der Waals surface area contributed by atoms with Crippen molar-refractivity contribution in [3.05, 3.63) is 34.9 Å². The van der Waals surface area contributed by atoms with Crippen LogP contribution in [0, 0.1) is 11.3 Å². The number of nitrogens with one attached hydrogen (secondary N) is 4. The van der Waals surface area contributed by atoms with Gasteiger partial charge in [0, 0.05) is 13.0 Å². The van der Waals surface area contributed by atoms with E-state index in [-0.39, 0.29) is 29.2 Å². The topological polar surface area (TPSA) is 150 Å². The van der Waals surface area contributed by atoms with Gasteiger partial charge in [-0.05, 0) is 49.5 Å². The number of piperidine rings is 2. The van der Waals surface area contributed by atoms with E-state index in [0.717, 1.165) is 0 Å². The number of carbonyl (C=O) groups is 2. The standard InChI is InChI=1S/C18H21N5O5S/c24-15-8-18(3-5-19-6-4-18)13(9-20-15)17(26)23-29(27,28)11-1-2-14-12(7-11)16(25)22-10-21-14/h1-2,7,10,13,19H,3-6,8-9H2,(H,20,24)(H,23,26)(H,21,22,25). The van der Waals surface area contributed by atoms with Gasteiger partial charge in [0.15, 0.2) is 0 Å². The van der Waals surface area contributed by atoms with E-state index in [9.17, 15) is 22.8 Å². The normalized spacial score (nSPS) is 21.7. The maximum atomic E-state index is 13.0. The molecule has 10 nitrogen and oxygen atoms in total. The van der Waals surface area contributed by atoms with E-state index in [4.69, 9.17) is 0 Å². The summed E-state index contributed by atoms with van der Waals surface area (Å²) in [5.74, 6) is -1.42. The summed E-state index contributed by atoms with van der Waals surface area (Å²) in [6.45, 7) is 1.44. The summed E-state index contributed by atoms with van der Waals surface area (Å²) in [5.41, 5.74) is -0.679. The molecule has 1 spiro atoms. The summed E-state index contributed by atoms with van der Waals surface area (Å²) in [5, 5.41) is 5.99. The molecule has 4 rings (SSSR count). The summed E-state index contributed by atoms with van der Waals surface area (Å²) in [6, 6.07) is 3.91. The zero-order valence-corrected chi connectivity index (χ0v) is 16.3. The quantitative estimate of drug-likeness (QED) is 0.510. The fourth-order valence-corrected chi connectivity index (χ4v) is 5.28. The number of amides is 2. The number of fused-ring (bicyclic) bond motifs is 1. The van der Waals surface area contributed by atoms with Gasteiger partial charge in [0.05, 0.1) is 28.0 Å². The lowest BCUT2D eigenvalue weighted by Gasteiger charge is -2.45. The van der Waals surface area contributed by atoms with Crippen molar-refractivity contribution in [1.82, 2.24) is 25.3 Å². The molecule has 2 amide bonds. The van der Waals surface area contributed by atoms with Crippen LogP contribution < -0.4 is 20.9 Å². The van der Waals surface area contributed by atoms with Gasteiger partial charge in [0.2, 0.25) is 11.8 Å². The highest BCUT2D eigenvalue weighted by Gasteiger charge is 2.48. The molecule has 3 heterocycles. The van der Waals surface area contributed by atoms with Gasteiger partial charge >= 0.3 is 0 Å². The summed E-state index contributed by atoms with van der Waals surface area (Å²) in [6.07, 6.45) is 2.67. The summed E-state index contributed by atoms with van der Waals surface area (Å²) in [7, 11) is -4.19. The molecule has 2 aromatic rings. The first-order valence-corrected chi connectivity index (χ1v) is 10.8. The zero-order chi connectivity index (χ0) is 20.6.